The molecule has 0 saturated heterocycles. The maximum atomic E-state index is 11.0. The highest BCUT2D eigenvalue weighted by molar-refractivity contribution is 6.12. The third-order valence-corrected chi connectivity index (χ3v) is 8.82. The Bertz CT molecular complexity index is 2650. The van der Waals surface area contributed by atoms with Crippen LogP contribution in [0, 0.1) is 47.5 Å². The van der Waals surface area contributed by atoms with E-state index in [9.17, 15) is 15.8 Å². The summed E-state index contributed by atoms with van der Waals surface area (Å²) in [7, 11) is 0. The van der Waals surface area contributed by atoms with E-state index >= 15 is 0 Å². The number of fused-ring (bicyclic) bond motifs is 6. The fourth-order valence-corrected chi connectivity index (χ4v) is 6.85. The van der Waals surface area contributed by atoms with Crippen molar-refractivity contribution in [3.8, 4) is 40.7 Å². The van der Waals surface area contributed by atoms with Crippen LogP contribution in [-0.2, 0) is 0 Å². The Labute approximate surface area is 270 Å². The number of aryl methyl sites for hydroxylation is 1. The summed E-state index contributed by atoms with van der Waals surface area (Å²) in [5.41, 5.74) is 9.70. The van der Waals surface area contributed by atoms with Gasteiger partial charge in [0.2, 0.25) is 0 Å². The second-order valence-electron chi connectivity index (χ2n) is 11.6. The minimum absolute atomic E-state index is 0.464. The highest BCUT2D eigenvalue weighted by Crippen LogP contribution is 2.41. The van der Waals surface area contributed by atoms with Crippen LogP contribution in [0.4, 0.5) is 5.69 Å². The molecule has 0 atom stereocenters. The molecule has 0 spiro atoms. The van der Waals surface area contributed by atoms with Crippen LogP contribution >= 0.6 is 0 Å². The molecule has 0 amide bonds. The second kappa shape index (κ2) is 10.5. The number of aromatic nitrogens is 2. The monoisotopic (exact) mass is 598 g/mol. The normalized spacial score (nSPS) is 11.0. The van der Waals surface area contributed by atoms with Crippen LogP contribution in [-0.4, -0.2) is 9.13 Å². The molecule has 0 aliphatic rings. The summed E-state index contributed by atoms with van der Waals surface area (Å²) in [6.07, 6.45) is 0. The van der Waals surface area contributed by atoms with E-state index in [1.807, 2.05) is 104 Å². The van der Waals surface area contributed by atoms with Crippen molar-refractivity contribution in [2.24, 2.45) is 0 Å². The van der Waals surface area contributed by atoms with E-state index in [4.69, 9.17) is 6.57 Å². The zero-order chi connectivity index (χ0) is 32.2. The van der Waals surface area contributed by atoms with Gasteiger partial charge >= 0.3 is 0 Å². The molecule has 0 N–H and O–H groups in total. The number of nitrogens with zero attached hydrogens (tertiary/aromatic N) is 6. The van der Waals surface area contributed by atoms with E-state index in [1.165, 1.54) is 0 Å². The largest absolute Gasteiger partial charge is 0.308 e. The fourth-order valence-electron chi connectivity index (χ4n) is 6.85. The van der Waals surface area contributed by atoms with E-state index in [0.29, 0.717) is 33.8 Å². The van der Waals surface area contributed by atoms with Gasteiger partial charge in [0.25, 0.3) is 0 Å². The molecule has 6 aromatic carbocycles. The Hall–Kier alpha value is -7.12. The maximum Gasteiger partial charge on any atom is 0.188 e. The molecule has 47 heavy (non-hydrogen) atoms. The first-order valence-electron chi connectivity index (χ1n) is 15.0. The van der Waals surface area contributed by atoms with Crippen molar-refractivity contribution in [2.45, 2.75) is 6.92 Å². The zero-order valence-corrected chi connectivity index (χ0v) is 25.2. The molecule has 0 aliphatic heterocycles. The van der Waals surface area contributed by atoms with E-state index < -0.39 is 0 Å². The van der Waals surface area contributed by atoms with Crippen molar-refractivity contribution in [2.75, 3.05) is 0 Å². The van der Waals surface area contributed by atoms with Gasteiger partial charge in [-0.1, -0.05) is 48.5 Å². The highest BCUT2D eigenvalue weighted by Gasteiger charge is 2.23. The SMILES string of the molecule is [C-]#[N+]c1ccc2c(c1)c1ccccc1n2-c1cc(-c2cc(C)cc(C#N)c2)cc(-n2c3ccccc3c3cc(C#N)ccc32)c1C#N. The molecule has 6 nitrogen and oxygen atoms in total. The fraction of sp³-hybridized carbons (Fsp3) is 0.0244. The van der Waals surface area contributed by atoms with Gasteiger partial charge in [0.05, 0.1) is 63.3 Å². The van der Waals surface area contributed by atoms with E-state index in [2.05, 4.69) is 38.3 Å². The highest BCUT2D eigenvalue weighted by atomic mass is 15.0. The summed E-state index contributed by atoms with van der Waals surface area (Å²) in [6, 6.07) is 44.3. The van der Waals surface area contributed by atoms with Gasteiger partial charge in [-0.2, -0.15) is 15.8 Å². The lowest BCUT2D eigenvalue weighted by Crippen LogP contribution is -2.05. The van der Waals surface area contributed by atoms with Gasteiger partial charge in [0.15, 0.2) is 5.69 Å². The minimum Gasteiger partial charge on any atom is -0.308 e. The lowest BCUT2D eigenvalue weighted by Gasteiger charge is -2.18. The lowest BCUT2D eigenvalue weighted by atomic mass is 9.97. The topological polar surface area (TPSA) is 85.6 Å². The van der Waals surface area contributed by atoms with Crippen molar-refractivity contribution >= 4 is 49.3 Å². The molecule has 0 unspecified atom stereocenters. The van der Waals surface area contributed by atoms with Gasteiger partial charge in [0, 0.05) is 16.2 Å². The van der Waals surface area contributed by atoms with Gasteiger partial charge in [-0.25, -0.2) is 4.85 Å². The van der Waals surface area contributed by atoms with Crippen molar-refractivity contribution in [1.82, 2.24) is 9.13 Å². The molecular weight excluding hydrogens is 576 g/mol. The minimum atomic E-state index is 0.464. The predicted molar refractivity (Wildman–Crippen MR) is 186 cm³/mol. The molecule has 0 fully saturated rings. The average molecular weight is 599 g/mol. The summed E-state index contributed by atoms with van der Waals surface area (Å²) in [6.45, 7) is 9.60. The number of benzene rings is 6. The number of nitriles is 3. The Morgan fingerprint density at radius 3 is 1.68 bits per heavy atom. The van der Waals surface area contributed by atoms with Crippen molar-refractivity contribution in [3.63, 3.8) is 0 Å². The van der Waals surface area contributed by atoms with Crippen LogP contribution in [0.2, 0.25) is 0 Å². The molecule has 0 aliphatic carbocycles. The summed E-state index contributed by atoms with van der Waals surface area (Å²) >= 11 is 0. The van der Waals surface area contributed by atoms with Gasteiger partial charge in [-0.3, -0.25) is 0 Å². The molecule has 8 aromatic rings. The Morgan fingerprint density at radius 1 is 0.532 bits per heavy atom. The van der Waals surface area contributed by atoms with E-state index in [0.717, 1.165) is 60.3 Å². The summed E-state index contributed by atoms with van der Waals surface area (Å²) in [4.78, 5) is 3.68. The summed E-state index contributed by atoms with van der Waals surface area (Å²) < 4.78 is 4.20. The second-order valence-corrected chi connectivity index (χ2v) is 11.6. The summed E-state index contributed by atoms with van der Waals surface area (Å²) in [5.74, 6) is 0. The third-order valence-electron chi connectivity index (χ3n) is 8.82. The van der Waals surface area contributed by atoms with Crippen LogP contribution in [0.25, 0.3) is 71.0 Å². The molecule has 0 radical (unpaired) electrons. The van der Waals surface area contributed by atoms with Gasteiger partial charge in [0.1, 0.15) is 11.6 Å². The molecule has 2 aromatic heterocycles. The Morgan fingerprint density at radius 2 is 1.09 bits per heavy atom. The standard InChI is InChI=1S/C41H22N6/c1-25-15-27(23-43)17-28(16-25)29-19-40(46-36-9-5-3-7-31(36)33-18-26(22-42)11-13-38(33)46)35(24-44)41(20-29)47-37-10-6-4-8-32(37)34-21-30(45-2)12-14-39(34)47/h3-21H,1H3. The Kier molecular flexibility index (Phi) is 6.13. The number of hydrogen-bond donors (Lipinski definition) is 0. The average Bonchev–Trinajstić information content (AvgIpc) is 3.62. The van der Waals surface area contributed by atoms with Crippen LogP contribution in [0.1, 0.15) is 22.3 Å². The Balaban J connectivity index is 1.57. The molecule has 0 bridgehead atoms. The third kappa shape index (κ3) is 4.15. The first kappa shape index (κ1) is 27.4. The van der Waals surface area contributed by atoms with Crippen LogP contribution in [0.5, 0.6) is 0 Å². The van der Waals surface area contributed by atoms with Crippen molar-refractivity contribution < 1.29 is 0 Å². The quantitative estimate of drug-likeness (QED) is 0.190. The van der Waals surface area contributed by atoms with Crippen LogP contribution in [0.3, 0.4) is 0 Å². The van der Waals surface area contributed by atoms with Crippen LogP contribution in [0.15, 0.2) is 115 Å². The molecule has 8 rings (SSSR count). The molecule has 216 valence electrons. The van der Waals surface area contributed by atoms with Gasteiger partial charge in [-0.05, 0) is 95.7 Å². The summed E-state index contributed by atoms with van der Waals surface area (Å²) in [5, 5.41) is 34.4. The zero-order valence-electron chi connectivity index (χ0n) is 25.2. The first-order valence-corrected chi connectivity index (χ1v) is 15.0. The van der Waals surface area contributed by atoms with E-state index in [1.54, 1.807) is 12.1 Å². The van der Waals surface area contributed by atoms with Crippen molar-refractivity contribution in [1.29, 1.82) is 15.8 Å². The molecule has 2 heterocycles. The smallest absolute Gasteiger partial charge is 0.188 e. The number of hydrogen-bond acceptors (Lipinski definition) is 3. The number of para-hydroxylation sites is 2. The number of rotatable bonds is 3. The predicted octanol–water partition coefficient (Wildman–Crippen LogP) is 10.0. The maximum absolute atomic E-state index is 11.0. The molecule has 6 heteroatoms. The van der Waals surface area contributed by atoms with Gasteiger partial charge < -0.3 is 9.13 Å². The van der Waals surface area contributed by atoms with E-state index in [-0.39, 0.29) is 0 Å². The van der Waals surface area contributed by atoms with Gasteiger partial charge in [-0.15, -0.1) is 0 Å². The first-order chi connectivity index (χ1) is 23.0. The van der Waals surface area contributed by atoms with Crippen molar-refractivity contribution in [3.05, 3.63) is 149 Å². The van der Waals surface area contributed by atoms with Crippen LogP contribution < -0.4 is 0 Å². The molecule has 0 saturated carbocycles. The lowest BCUT2D eigenvalue weighted by molar-refractivity contribution is 1.12. The molecular formula is C41H22N6.